The van der Waals surface area contributed by atoms with E-state index in [9.17, 15) is 0 Å². The lowest BCUT2D eigenvalue weighted by Crippen LogP contribution is -2.00. The number of aromatic nitrogens is 4. The van der Waals surface area contributed by atoms with E-state index in [0.29, 0.717) is 17.5 Å². The lowest BCUT2D eigenvalue weighted by Gasteiger charge is -2.10. The number of hydrogen-bond acceptors (Lipinski definition) is 5. The minimum Gasteiger partial charge on any atom is -0.456 e. The van der Waals surface area contributed by atoms with Gasteiger partial charge >= 0.3 is 0 Å². The highest BCUT2D eigenvalue weighted by molar-refractivity contribution is 6.13. The van der Waals surface area contributed by atoms with E-state index in [1.54, 1.807) is 0 Å². The summed E-state index contributed by atoms with van der Waals surface area (Å²) in [4.78, 5) is 15.4. The van der Waals surface area contributed by atoms with Crippen molar-refractivity contribution >= 4 is 65.7 Å². The molecule has 6 heteroatoms. The summed E-state index contributed by atoms with van der Waals surface area (Å²) >= 11 is 0. The van der Waals surface area contributed by atoms with Crippen LogP contribution in [0.25, 0.3) is 139 Å². The molecule has 0 N–H and O–H groups in total. The zero-order chi connectivity index (χ0) is 45.4. The van der Waals surface area contributed by atoms with E-state index in [4.69, 9.17) is 23.8 Å². The number of furan rings is 2. The molecule has 14 rings (SSSR count). The molecule has 0 amide bonds. The number of nitrogens with zero attached hydrogens (tertiary/aromatic N) is 4. The Morgan fingerprint density at radius 2 is 0.783 bits per heavy atom. The molecule has 0 saturated heterocycles. The predicted octanol–water partition coefficient (Wildman–Crippen LogP) is 16.8. The zero-order valence-corrected chi connectivity index (χ0v) is 37.0. The van der Waals surface area contributed by atoms with Crippen LogP contribution in [0.1, 0.15) is 0 Å². The molecule has 4 heterocycles. The lowest BCUT2D eigenvalue weighted by atomic mass is 9.96. The number of benzene rings is 10. The largest absolute Gasteiger partial charge is 0.456 e. The molecule has 0 saturated carbocycles. The normalized spacial score (nSPS) is 11.8. The van der Waals surface area contributed by atoms with Gasteiger partial charge in [0.25, 0.3) is 0 Å². The van der Waals surface area contributed by atoms with Crippen LogP contribution in [0.5, 0.6) is 0 Å². The van der Waals surface area contributed by atoms with Gasteiger partial charge in [-0.1, -0.05) is 158 Å². The van der Waals surface area contributed by atoms with E-state index < -0.39 is 0 Å². The zero-order valence-electron chi connectivity index (χ0n) is 37.0. The standard InChI is InChI=1S/C63H38N4O2/c1-3-13-40(14-4-1)61-64-62(41-27-25-39(26-28-41)46-29-32-50-49-20-8-10-23-56(49)69-59(50)38-46)66-63(65-61)51-21-12-24-58-60(51)53-37-45(31-34-57(53)68-58)43-16-11-15-42(35-43)44-30-33-55-52(36-44)48-19-7-9-22-54(48)67(55)47-17-5-2-6-18-47/h1-38H. The molecule has 0 aliphatic carbocycles. The van der Waals surface area contributed by atoms with Crippen LogP contribution in [0.2, 0.25) is 0 Å². The van der Waals surface area contributed by atoms with Crippen LogP contribution in [0.4, 0.5) is 0 Å². The van der Waals surface area contributed by atoms with Gasteiger partial charge in [0.2, 0.25) is 0 Å². The summed E-state index contributed by atoms with van der Waals surface area (Å²) in [6.07, 6.45) is 0. The molecule has 0 atom stereocenters. The van der Waals surface area contributed by atoms with E-state index in [-0.39, 0.29) is 0 Å². The van der Waals surface area contributed by atoms with Crippen molar-refractivity contribution < 1.29 is 8.83 Å². The molecule has 69 heavy (non-hydrogen) atoms. The van der Waals surface area contributed by atoms with E-state index in [0.717, 1.165) is 99.6 Å². The van der Waals surface area contributed by atoms with E-state index >= 15 is 0 Å². The van der Waals surface area contributed by atoms with E-state index in [1.807, 2.05) is 60.7 Å². The fourth-order valence-electron chi connectivity index (χ4n) is 10.1. The maximum Gasteiger partial charge on any atom is 0.164 e. The first-order valence-corrected chi connectivity index (χ1v) is 23.2. The number of rotatable bonds is 7. The Bertz CT molecular complexity index is 4300. The van der Waals surface area contributed by atoms with Crippen molar-refractivity contribution in [1.82, 2.24) is 19.5 Å². The number of para-hydroxylation sites is 3. The second kappa shape index (κ2) is 15.6. The summed E-state index contributed by atoms with van der Waals surface area (Å²) in [5, 5.41) is 6.63. The smallest absolute Gasteiger partial charge is 0.164 e. The Morgan fingerprint density at radius 3 is 1.59 bits per heavy atom. The van der Waals surface area contributed by atoms with Crippen molar-refractivity contribution in [3.63, 3.8) is 0 Å². The third-order valence-corrected chi connectivity index (χ3v) is 13.5. The molecular formula is C63H38N4O2. The topological polar surface area (TPSA) is 69.9 Å². The fourth-order valence-corrected chi connectivity index (χ4v) is 10.1. The molecule has 0 bridgehead atoms. The van der Waals surface area contributed by atoms with Crippen molar-refractivity contribution in [1.29, 1.82) is 0 Å². The third-order valence-electron chi connectivity index (χ3n) is 13.5. The lowest BCUT2D eigenvalue weighted by molar-refractivity contribution is 0.668. The van der Waals surface area contributed by atoms with Crippen LogP contribution in [0, 0.1) is 0 Å². The molecule has 6 nitrogen and oxygen atoms in total. The molecular weight excluding hydrogens is 845 g/mol. The molecule has 4 aromatic heterocycles. The van der Waals surface area contributed by atoms with Crippen LogP contribution < -0.4 is 0 Å². The average molecular weight is 883 g/mol. The highest BCUT2D eigenvalue weighted by atomic mass is 16.3. The van der Waals surface area contributed by atoms with Crippen LogP contribution in [-0.4, -0.2) is 19.5 Å². The van der Waals surface area contributed by atoms with Gasteiger partial charge in [-0.2, -0.15) is 0 Å². The Morgan fingerprint density at radius 1 is 0.275 bits per heavy atom. The summed E-state index contributed by atoms with van der Waals surface area (Å²) in [7, 11) is 0. The Labute approximate surface area is 396 Å². The maximum atomic E-state index is 6.56. The predicted molar refractivity (Wildman–Crippen MR) is 281 cm³/mol. The van der Waals surface area contributed by atoms with Gasteiger partial charge in [-0.25, -0.2) is 15.0 Å². The van der Waals surface area contributed by atoms with Gasteiger partial charge in [0.15, 0.2) is 17.5 Å². The van der Waals surface area contributed by atoms with Crippen LogP contribution in [0.15, 0.2) is 239 Å². The molecule has 14 aromatic rings. The second-order valence-corrected chi connectivity index (χ2v) is 17.6. The summed E-state index contributed by atoms with van der Waals surface area (Å²) in [5.74, 6) is 1.76. The maximum absolute atomic E-state index is 6.56. The van der Waals surface area contributed by atoms with E-state index in [1.165, 1.54) is 21.8 Å². The molecule has 0 unspecified atom stereocenters. The quantitative estimate of drug-likeness (QED) is 0.159. The van der Waals surface area contributed by atoms with Crippen LogP contribution in [-0.2, 0) is 0 Å². The number of hydrogen-bond donors (Lipinski definition) is 0. The van der Waals surface area contributed by atoms with Gasteiger partial charge < -0.3 is 13.4 Å². The minimum absolute atomic E-state index is 0.572. The van der Waals surface area contributed by atoms with Crippen LogP contribution >= 0.6 is 0 Å². The third kappa shape index (κ3) is 6.53. The van der Waals surface area contributed by atoms with Gasteiger partial charge in [-0.3, -0.25) is 0 Å². The second-order valence-electron chi connectivity index (χ2n) is 17.6. The van der Waals surface area contributed by atoms with Crippen molar-refractivity contribution in [2.45, 2.75) is 0 Å². The first-order valence-electron chi connectivity index (χ1n) is 23.2. The SMILES string of the molecule is c1ccc(-c2nc(-c3ccc(-c4ccc5c(c4)oc4ccccc45)cc3)nc(-c3cccc4oc5ccc(-c6cccc(-c7ccc8c(c7)c7ccccc7n8-c7ccccc7)c6)cc5c34)n2)cc1. The monoisotopic (exact) mass is 882 g/mol. The molecule has 0 spiro atoms. The first-order chi connectivity index (χ1) is 34.2. The van der Waals surface area contributed by atoms with Gasteiger partial charge in [0.1, 0.15) is 22.3 Å². The average Bonchev–Trinajstić information content (AvgIpc) is 4.10. The van der Waals surface area contributed by atoms with Crippen molar-refractivity contribution in [2.24, 2.45) is 0 Å². The van der Waals surface area contributed by atoms with Gasteiger partial charge in [0.05, 0.1) is 11.0 Å². The fraction of sp³-hybridized carbons (Fsp3) is 0. The summed E-state index contributed by atoms with van der Waals surface area (Å²) < 4.78 is 15.1. The molecule has 10 aromatic carbocycles. The number of fused-ring (bicyclic) bond motifs is 9. The molecule has 322 valence electrons. The first kappa shape index (κ1) is 38.8. The van der Waals surface area contributed by atoms with Crippen molar-refractivity contribution in [3.05, 3.63) is 231 Å². The Kier molecular flexibility index (Phi) is 8.79. The minimum atomic E-state index is 0.572. The van der Waals surface area contributed by atoms with Gasteiger partial charge in [0, 0.05) is 54.7 Å². The molecule has 0 aliphatic heterocycles. The molecule has 0 fully saturated rings. The summed E-state index contributed by atoms with van der Waals surface area (Å²) in [6, 6.07) is 80.5. The van der Waals surface area contributed by atoms with Gasteiger partial charge in [-0.05, 0) is 106 Å². The van der Waals surface area contributed by atoms with Crippen molar-refractivity contribution in [2.75, 3.05) is 0 Å². The Balaban J connectivity index is 0.851. The van der Waals surface area contributed by atoms with Crippen LogP contribution in [0.3, 0.4) is 0 Å². The summed E-state index contributed by atoms with van der Waals surface area (Å²) in [5.41, 5.74) is 16.2. The highest BCUT2D eigenvalue weighted by Gasteiger charge is 2.20. The van der Waals surface area contributed by atoms with E-state index in [2.05, 4.69) is 174 Å². The highest BCUT2D eigenvalue weighted by Crippen LogP contribution is 2.41. The Hall–Kier alpha value is -9.39. The molecule has 0 radical (unpaired) electrons. The molecule has 0 aliphatic rings. The van der Waals surface area contributed by atoms with Crippen molar-refractivity contribution in [3.8, 4) is 73.2 Å². The summed E-state index contributed by atoms with van der Waals surface area (Å²) in [6.45, 7) is 0. The van der Waals surface area contributed by atoms with Gasteiger partial charge in [-0.15, -0.1) is 0 Å².